The SMILES string of the molecule is COc1cc(C#N)ccc1NC(=O)NC1(C(=O)O)CC1. The predicted molar refractivity (Wildman–Crippen MR) is 69.5 cm³/mol. The van der Waals surface area contributed by atoms with E-state index in [2.05, 4.69) is 10.6 Å². The van der Waals surface area contributed by atoms with Gasteiger partial charge in [0.05, 0.1) is 24.4 Å². The molecular weight excluding hydrogens is 262 g/mol. The van der Waals surface area contributed by atoms with E-state index in [0.29, 0.717) is 29.8 Å². The van der Waals surface area contributed by atoms with E-state index < -0.39 is 17.5 Å². The Bertz CT molecular complexity index is 602. The van der Waals surface area contributed by atoms with Gasteiger partial charge in [0.15, 0.2) is 0 Å². The average molecular weight is 275 g/mol. The molecule has 2 amide bonds. The summed E-state index contributed by atoms with van der Waals surface area (Å²) in [7, 11) is 1.42. The van der Waals surface area contributed by atoms with Crippen LogP contribution in [0, 0.1) is 11.3 Å². The summed E-state index contributed by atoms with van der Waals surface area (Å²) in [4.78, 5) is 22.8. The maximum Gasteiger partial charge on any atom is 0.329 e. The van der Waals surface area contributed by atoms with E-state index >= 15 is 0 Å². The molecule has 1 aromatic carbocycles. The van der Waals surface area contributed by atoms with Crippen molar-refractivity contribution in [1.29, 1.82) is 5.26 Å². The summed E-state index contributed by atoms with van der Waals surface area (Å²) in [6.45, 7) is 0. The van der Waals surface area contributed by atoms with Gasteiger partial charge in [-0.3, -0.25) is 0 Å². The number of methoxy groups -OCH3 is 1. The van der Waals surface area contributed by atoms with Gasteiger partial charge < -0.3 is 20.5 Å². The number of carboxylic acids is 1. The summed E-state index contributed by atoms with van der Waals surface area (Å²) < 4.78 is 5.07. The van der Waals surface area contributed by atoms with E-state index in [1.807, 2.05) is 6.07 Å². The Kier molecular flexibility index (Phi) is 3.48. The number of rotatable bonds is 4. The quantitative estimate of drug-likeness (QED) is 0.767. The van der Waals surface area contributed by atoms with Gasteiger partial charge in [-0.15, -0.1) is 0 Å². The highest BCUT2D eigenvalue weighted by atomic mass is 16.5. The van der Waals surface area contributed by atoms with Crippen molar-refractivity contribution < 1.29 is 19.4 Å². The molecule has 2 rings (SSSR count). The molecule has 1 aromatic rings. The first-order chi connectivity index (χ1) is 9.50. The van der Waals surface area contributed by atoms with Gasteiger partial charge >= 0.3 is 12.0 Å². The maximum absolute atomic E-state index is 11.8. The number of nitrogens with zero attached hydrogens (tertiary/aromatic N) is 1. The minimum Gasteiger partial charge on any atom is -0.495 e. The second-order valence-corrected chi connectivity index (χ2v) is 4.49. The molecule has 1 fully saturated rings. The molecule has 20 heavy (non-hydrogen) atoms. The molecule has 0 aliphatic heterocycles. The molecule has 1 saturated carbocycles. The van der Waals surface area contributed by atoms with Crippen molar-refractivity contribution in [2.45, 2.75) is 18.4 Å². The Labute approximate surface area is 115 Å². The molecule has 1 aliphatic carbocycles. The third-order valence-electron chi connectivity index (χ3n) is 3.09. The maximum atomic E-state index is 11.8. The number of hydrogen-bond donors (Lipinski definition) is 3. The minimum atomic E-state index is -1.15. The smallest absolute Gasteiger partial charge is 0.329 e. The van der Waals surface area contributed by atoms with Crippen LogP contribution in [0.4, 0.5) is 10.5 Å². The number of ether oxygens (including phenoxy) is 1. The first kappa shape index (κ1) is 13.7. The number of aliphatic carboxylic acids is 1. The number of hydrogen-bond acceptors (Lipinski definition) is 4. The zero-order valence-electron chi connectivity index (χ0n) is 10.8. The van der Waals surface area contributed by atoms with E-state index in [0.717, 1.165) is 0 Å². The van der Waals surface area contributed by atoms with Crippen LogP contribution in [0.5, 0.6) is 5.75 Å². The van der Waals surface area contributed by atoms with Crippen molar-refractivity contribution in [3.8, 4) is 11.8 Å². The lowest BCUT2D eigenvalue weighted by Gasteiger charge is -2.15. The normalized spacial score (nSPS) is 14.8. The number of urea groups is 1. The molecule has 0 atom stereocenters. The van der Waals surface area contributed by atoms with Gasteiger partial charge in [0.25, 0.3) is 0 Å². The zero-order chi connectivity index (χ0) is 14.8. The fourth-order valence-corrected chi connectivity index (χ4v) is 1.75. The number of nitriles is 1. The zero-order valence-corrected chi connectivity index (χ0v) is 10.8. The second-order valence-electron chi connectivity index (χ2n) is 4.49. The van der Waals surface area contributed by atoms with Crippen molar-refractivity contribution in [3.63, 3.8) is 0 Å². The second kappa shape index (κ2) is 5.09. The fourth-order valence-electron chi connectivity index (χ4n) is 1.75. The summed E-state index contributed by atoms with van der Waals surface area (Å²) in [5.41, 5.74) is -0.383. The lowest BCUT2D eigenvalue weighted by molar-refractivity contribution is -0.140. The highest BCUT2D eigenvalue weighted by Crippen LogP contribution is 2.35. The molecule has 0 aromatic heterocycles. The number of carboxylic acid groups (broad SMARTS) is 1. The minimum absolute atomic E-state index is 0.333. The molecule has 7 heteroatoms. The topological polar surface area (TPSA) is 111 Å². The summed E-state index contributed by atoms with van der Waals surface area (Å²) in [5, 5.41) is 22.7. The van der Waals surface area contributed by atoms with Crippen LogP contribution in [0.15, 0.2) is 18.2 Å². The standard InChI is InChI=1S/C13H13N3O4/c1-20-10-6-8(7-14)2-3-9(10)15-12(19)16-13(4-5-13)11(17)18/h2-3,6H,4-5H2,1H3,(H,17,18)(H2,15,16,19). The number of benzene rings is 1. The van der Waals surface area contributed by atoms with Gasteiger partial charge in [-0.25, -0.2) is 9.59 Å². The Hall–Kier alpha value is -2.75. The molecule has 104 valence electrons. The first-order valence-corrected chi connectivity index (χ1v) is 5.91. The number of nitrogens with one attached hydrogen (secondary N) is 2. The number of amides is 2. The third kappa shape index (κ3) is 2.64. The summed E-state index contributed by atoms with van der Waals surface area (Å²) in [5.74, 6) is -0.709. The fraction of sp³-hybridized carbons (Fsp3) is 0.308. The Morgan fingerprint density at radius 3 is 2.65 bits per heavy atom. The Morgan fingerprint density at radius 2 is 2.15 bits per heavy atom. The first-order valence-electron chi connectivity index (χ1n) is 5.91. The average Bonchev–Trinajstić information content (AvgIpc) is 3.20. The Balaban J connectivity index is 2.09. The molecule has 0 spiro atoms. The molecule has 0 unspecified atom stereocenters. The van der Waals surface area contributed by atoms with Crippen molar-refractivity contribution in [2.75, 3.05) is 12.4 Å². The van der Waals surface area contributed by atoms with Crippen LogP contribution in [0.2, 0.25) is 0 Å². The van der Waals surface area contributed by atoms with Crippen LogP contribution < -0.4 is 15.4 Å². The Morgan fingerprint density at radius 1 is 1.45 bits per heavy atom. The highest BCUT2D eigenvalue weighted by Gasteiger charge is 2.51. The van der Waals surface area contributed by atoms with Crippen molar-refractivity contribution in [3.05, 3.63) is 23.8 Å². The van der Waals surface area contributed by atoms with E-state index in [4.69, 9.17) is 15.1 Å². The molecule has 0 radical (unpaired) electrons. The monoisotopic (exact) mass is 275 g/mol. The lowest BCUT2D eigenvalue weighted by Crippen LogP contribution is -2.45. The van der Waals surface area contributed by atoms with Gasteiger partial charge in [-0.1, -0.05) is 0 Å². The summed E-state index contributed by atoms with van der Waals surface area (Å²) in [6, 6.07) is 5.88. The third-order valence-corrected chi connectivity index (χ3v) is 3.09. The summed E-state index contributed by atoms with van der Waals surface area (Å²) >= 11 is 0. The van der Waals surface area contributed by atoms with Crippen molar-refractivity contribution in [2.24, 2.45) is 0 Å². The van der Waals surface area contributed by atoms with Crippen molar-refractivity contribution >= 4 is 17.7 Å². The molecule has 3 N–H and O–H groups in total. The van der Waals surface area contributed by atoms with Gasteiger partial charge in [-0.2, -0.15) is 5.26 Å². The summed E-state index contributed by atoms with van der Waals surface area (Å²) in [6.07, 6.45) is 0.834. The molecule has 0 heterocycles. The van der Waals surface area contributed by atoms with Gasteiger partial charge in [0.2, 0.25) is 0 Å². The van der Waals surface area contributed by atoms with Crippen molar-refractivity contribution in [1.82, 2.24) is 5.32 Å². The molecule has 0 saturated heterocycles. The number of anilines is 1. The largest absolute Gasteiger partial charge is 0.495 e. The van der Waals surface area contributed by atoms with Crippen LogP contribution in [0.1, 0.15) is 18.4 Å². The van der Waals surface area contributed by atoms with Gasteiger partial charge in [0.1, 0.15) is 11.3 Å². The molecular formula is C13H13N3O4. The van der Waals surface area contributed by atoms with Crippen LogP contribution >= 0.6 is 0 Å². The van der Waals surface area contributed by atoms with E-state index in [-0.39, 0.29) is 0 Å². The van der Waals surface area contributed by atoms with E-state index in [1.54, 1.807) is 0 Å². The molecule has 0 bridgehead atoms. The van der Waals surface area contributed by atoms with Crippen LogP contribution in [0.3, 0.4) is 0 Å². The van der Waals surface area contributed by atoms with Gasteiger partial charge in [0, 0.05) is 6.07 Å². The number of carbonyl (C=O) groups excluding carboxylic acids is 1. The molecule has 7 nitrogen and oxygen atoms in total. The van der Waals surface area contributed by atoms with E-state index in [9.17, 15) is 9.59 Å². The van der Waals surface area contributed by atoms with E-state index in [1.165, 1.54) is 25.3 Å². The van der Waals surface area contributed by atoms with Crippen LogP contribution in [-0.4, -0.2) is 29.8 Å². The predicted octanol–water partition coefficient (Wildman–Crippen LogP) is 1.31. The van der Waals surface area contributed by atoms with Crippen LogP contribution in [-0.2, 0) is 4.79 Å². The lowest BCUT2D eigenvalue weighted by atomic mass is 10.2. The highest BCUT2D eigenvalue weighted by molar-refractivity contribution is 5.96. The number of carbonyl (C=O) groups is 2. The molecule has 1 aliphatic rings. The van der Waals surface area contributed by atoms with Crippen LogP contribution in [0.25, 0.3) is 0 Å². The van der Waals surface area contributed by atoms with Gasteiger partial charge in [-0.05, 0) is 25.0 Å².